The van der Waals surface area contributed by atoms with Gasteiger partial charge in [-0.1, -0.05) is 76.2 Å². The number of carboxylic acid groups (broad SMARTS) is 1. The number of amides is 7. The summed E-state index contributed by atoms with van der Waals surface area (Å²) in [6.45, 7) is -1.22. The van der Waals surface area contributed by atoms with Crippen molar-refractivity contribution in [2.45, 2.75) is 198 Å². The number of nitrogens with one attached hydrogen (secondary N) is 9. The number of phenols is 1. The van der Waals surface area contributed by atoms with Gasteiger partial charge < -0.3 is 148 Å². The van der Waals surface area contributed by atoms with Crippen molar-refractivity contribution >= 4 is 102 Å². The van der Waals surface area contributed by atoms with Crippen LogP contribution in [0.1, 0.15) is 49.8 Å². The smallest absolute Gasteiger partial charge is 0.328 e. The highest BCUT2D eigenvalue weighted by Crippen LogP contribution is 2.34. The molecule has 40 heteroatoms. The average molecular weight is 1660 g/mol. The van der Waals surface area contributed by atoms with Gasteiger partial charge in [-0.25, -0.2) is 4.79 Å². The van der Waals surface area contributed by atoms with Crippen molar-refractivity contribution in [3.63, 3.8) is 0 Å². The number of H-pyrrole nitrogens is 1. The SMILES string of the molecule is C[C@@H](O)[C@@H]1NC(=O)[C@H](CCCCN)NC(=O)[C@@H](Cc2c[nH]c3ccccc23)NC(=O)[C@H](Cc2ccc(O)c([123I])c2)NC(=O)[C@@H](NC(=O)[C@@H](Cc2ccccc2)NC[C@@]2(O)OC[C@@H](O)[C@@H](O[C@H]3O[C@H](CO)[C@@H](O[C@H]4O[C@H](CO)[C@@H](O)[C@H](O)[C@H]4O)[C@H](O)[C@H]3O)[C@@H]2O)CSSC[C@@H](C(=O)N[C@@H](C(=O)O)[C@@H](C)O)NC1=O. The molecule has 0 saturated carbocycles. The van der Waals surface area contributed by atoms with E-state index < -0.39 is 231 Å². The number of carbonyl (C=O) groups excluding carboxylic acids is 7. The number of aliphatic hydroxyl groups excluding tert-OH is 11. The molecule has 4 aliphatic rings. The Balaban J connectivity index is 1.12. The Morgan fingerprint density at radius 1 is 0.710 bits per heavy atom. The summed E-state index contributed by atoms with van der Waals surface area (Å²) in [5.41, 5.74) is 7.82. The van der Waals surface area contributed by atoms with Crippen LogP contribution in [0.3, 0.4) is 0 Å². The fraction of sp³-hybridized carbons (Fsp3) is 0.582. The fourth-order valence-corrected chi connectivity index (χ4v) is 15.2. The number of nitrogens with two attached hydrogens (primary N) is 1. The molecule has 8 rings (SSSR count). The maximum Gasteiger partial charge on any atom is 0.328 e. The number of carboxylic acids is 1. The highest BCUT2D eigenvalue weighted by molar-refractivity contribution is 14.1. The van der Waals surface area contributed by atoms with Gasteiger partial charge in [0.1, 0.15) is 109 Å². The third kappa shape index (κ3) is 22.6. The number of carbonyl (C=O) groups is 8. The number of halogens is 1. The molecule has 7 amide bonds. The van der Waals surface area contributed by atoms with Crippen LogP contribution < -0.4 is 48.3 Å². The van der Waals surface area contributed by atoms with Gasteiger partial charge in [-0.15, -0.1) is 0 Å². The summed E-state index contributed by atoms with van der Waals surface area (Å²) >= 11 is 1.85. The number of aliphatic carboxylic acids is 1. The number of hydrogen-bond acceptors (Lipinski definition) is 30. The lowest BCUT2D eigenvalue weighted by Gasteiger charge is -2.48. The molecule has 4 aromatic rings. The second-order valence-electron chi connectivity index (χ2n) is 26.4. The van der Waals surface area contributed by atoms with Gasteiger partial charge in [0.15, 0.2) is 18.6 Å². The Bertz CT molecular complexity index is 3650. The van der Waals surface area contributed by atoms with E-state index in [0.29, 0.717) is 37.6 Å². The highest BCUT2D eigenvalue weighted by Gasteiger charge is 2.55. The minimum absolute atomic E-state index is 0.113. The molecule has 592 valence electrons. The molecule has 3 aromatic carbocycles. The molecule has 24 atom stereocenters. The van der Waals surface area contributed by atoms with E-state index >= 15 is 19.2 Å². The lowest BCUT2D eigenvalue weighted by Crippen LogP contribution is -2.69. The number of hydrogen-bond donors (Lipinski definition) is 24. The number of unbranched alkanes of at least 4 members (excludes halogenated alkanes) is 1. The maximum absolute atomic E-state index is 15.4. The van der Waals surface area contributed by atoms with Gasteiger partial charge in [0, 0.05) is 41.4 Å². The number of rotatable bonds is 26. The molecule has 5 heterocycles. The van der Waals surface area contributed by atoms with E-state index in [2.05, 4.69) is 47.5 Å². The lowest BCUT2D eigenvalue weighted by molar-refractivity contribution is -0.383. The monoisotopic (exact) mass is 1660 g/mol. The Morgan fingerprint density at radius 3 is 1.98 bits per heavy atom. The van der Waals surface area contributed by atoms with Crippen molar-refractivity contribution in [3.05, 3.63) is 99.3 Å². The molecular weight excluding hydrogens is 1560 g/mol. The van der Waals surface area contributed by atoms with Crippen LogP contribution in [-0.2, 0) is 81.3 Å². The van der Waals surface area contributed by atoms with E-state index in [4.69, 9.17) is 29.4 Å². The van der Waals surface area contributed by atoms with E-state index in [1.165, 1.54) is 18.2 Å². The number of para-hydroxylation sites is 1. The van der Waals surface area contributed by atoms with Gasteiger partial charge in [0.2, 0.25) is 47.1 Å². The van der Waals surface area contributed by atoms with Crippen molar-refractivity contribution < 1.29 is 134 Å². The van der Waals surface area contributed by atoms with Crippen LogP contribution in [0.25, 0.3) is 10.9 Å². The average Bonchev–Trinajstić information content (AvgIpc) is 1.40. The van der Waals surface area contributed by atoms with E-state index in [1.54, 1.807) is 60.8 Å². The first-order chi connectivity index (χ1) is 50.9. The summed E-state index contributed by atoms with van der Waals surface area (Å²) < 4.78 is 28.5. The first kappa shape index (κ1) is 86.0. The van der Waals surface area contributed by atoms with Crippen LogP contribution in [0.4, 0.5) is 0 Å². The number of aromatic nitrogens is 1. The zero-order valence-electron chi connectivity index (χ0n) is 57.8. The molecule has 0 unspecified atom stereocenters. The van der Waals surface area contributed by atoms with Crippen molar-refractivity contribution in [2.75, 3.05) is 44.4 Å². The van der Waals surface area contributed by atoms with E-state index in [1.807, 2.05) is 22.6 Å². The second kappa shape index (κ2) is 39.9. The molecule has 0 aliphatic carbocycles. The van der Waals surface area contributed by atoms with Crippen LogP contribution in [0, 0.1) is 3.57 Å². The largest absolute Gasteiger partial charge is 0.507 e. The number of aliphatic hydroxyl groups is 12. The zero-order chi connectivity index (χ0) is 78.1. The topological polar surface area (TPSA) is 604 Å². The predicted octanol–water partition coefficient (Wildman–Crippen LogP) is -7.32. The van der Waals surface area contributed by atoms with Gasteiger partial charge in [-0.2, -0.15) is 0 Å². The highest BCUT2D eigenvalue weighted by atomic mass is 123. The molecule has 0 bridgehead atoms. The van der Waals surface area contributed by atoms with Gasteiger partial charge in [0.05, 0.1) is 48.2 Å². The van der Waals surface area contributed by atoms with Crippen LogP contribution in [-0.4, -0.2) is 314 Å². The van der Waals surface area contributed by atoms with Gasteiger partial charge >= 0.3 is 5.97 Å². The Hall–Kier alpha value is -6.57. The van der Waals surface area contributed by atoms with Crippen LogP contribution in [0.5, 0.6) is 5.75 Å². The van der Waals surface area contributed by atoms with Crippen LogP contribution in [0.15, 0.2) is 79.0 Å². The number of aromatic amines is 1. The van der Waals surface area contributed by atoms with Gasteiger partial charge in [-0.05, 0) is 104 Å². The molecule has 0 radical (unpaired) electrons. The third-order valence-electron chi connectivity index (χ3n) is 18.4. The molecule has 4 saturated heterocycles. The van der Waals surface area contributed by atoms with Gasteiger partial charge in [-0.3, -0.25) is 33.6 Å². The van der Waals surface area contributed by atoms with E-state index in [0.717, 1.165) is 35.4 Å². The summed E-state index contributed by atoms with van der Waals surface area (Å²) in [7, 11) is 1.57. The number of ether oxygens (including phenoxy) is 5. The maximum atomic E-state index is 15.4. The number of phenolic OH excluding ortho intramolecular Hbond substituents is 1. The van der Waals surface area contributed by atoms with E-state index in [9.17, 15) is 90.7 Å². The molecule has 4 aliphatic heterocycles. The molecule has 107 heavy (non-hydrogen) atoms. The standard InChI is InChI=1S/C67H93IN10O27S2/c1-29(81)47-63(97)76-42(62(96)78-48(30(2)82)64(98)99)27-107-106-26-41(61(95)73-39(20-32-15-16-43(83)35(68)18-32)59(93)74-40(21-33-22-70-36-13-7-6-12-34(33)36)60(94)72-37(57(91)77-47)14-8-9-17-69)75-58(92)38(19-31-10-4-3-5-11-31)71-28-67(100)56(90)54(44(84)25-101-67)104-66-53(89)51(87)55(46(24-80)103-66)105-65-52(88)50(86)49(85)45(23-79)102-65/h3-7,10-13,15-16,18,22,29-30,37-42,44-56,65-66,70-71,79-90,100H,8-9,14,17,19-21,23-28,69H2,1-2H3,(H,72,94)(H,73,95)(H,74,93)(H,75,92)(H,76,97)(H,77,91)(H,78,96)(H,98,99)/t29-,30-,37+,38-,39+,40-,41+,42+,44-,45-,46-,47+,48-,49-,50+,51-,52-,53-,54-,55-,56+,65-,66-,67-/m1/s1/i68-4. The molecular formula is C67H93IN10O27S2. The predicted molar refractivity (Wildman–Crippen MR) is 385 cm³/mol. The van der Waals surface area contributed by atoms with Crippen molar-refractivity contribution in [1.82, 2.24) is 47.5 Å². The van der Waals surface area contributed by atoms with Crippen molar-refractivity contribution in [3.8, 4) is 5.75 Å². The Morgan fingerprint density at radius 2 is 1.33 bits per heavy atom. The quantitative estimate of drug-likeness (QED) is 0.0158. The summed E-state index contributed by atoms with van der Waals surface area (Å²) in [5, 5.41) is 173. The van der Waals surface area contributed by atoms with Crippen molar-refractivity contribution in [1.29, 1.82) is 0 Å². The number of benzene rings is 3. The first-order valence-corrected chi connectivity index (χ1v) is 37.9. The zero-order valence-corrected chi connectivity index (χ0v) is 61.6. The molecule has 25 N–H and O–H groups in total. The normalized spacial score (nSPS) is 32.2. The minimum Gasteiger partial charge on any atom is -0.507 e. The summed E-state index contributed by atoms with van der Waals surface area (Å²) in [5.74, 6) is -13.0. The summed E-state index contributed by atoms with van der Waals surface area (Å²) in [6, 6.07) is 5.90. The fourth-order valence-electron chi connectivity index (χ4n) is 12.3. The van der Waals surface area contributed by atoms with Crippen LogP contribution in [0.2, 0.25) is 0 Å². The van der Waals surface area contributed by atoms with Crippen molar-refractivity contribution in [2.24, 2.45) is 5.73 Å². The number of aromatic hydroxyl groups is 1. The summed E-state index contributed by atoms with van der Waals surface area (Å²) in [6.07, 6.45) is -27.3. The third-order valence-corrected chi connectivity index (χ3v) is 21.7. The Kier molecular flexibility index (Phi) is 32.1. The molecule has 0 spiro atoms. The molecule has 1 aromatic heterocycles. The molecule has 37 nitrogen and oxygen atoms in total. The molecule has 4 fully saturated rings. The lowest BCUT2D eigenvalue weighted by atomic mass is 9.94. The van der Waals surface area contributed by atoms with Gasteiger partial charge in [0.25, 0.3) is 0 Å². The first-order valence-electron chi connectivity index (χ1n) is 34.3. The van der Waals surface area contributed by atoms with E-state index in [-0.39, 0.29) is 44.4 Å². The summed E-state index contributed by atoms with van der Waals surface area (Å²) in [4.78, 5) is 119. The minimum atomic E-state index is -2.84. The Labute approximate surface area is 633 Å². The number of fused-ring (bicyclic) bond motifs is 1. The second-order valence-corrected chi connectivity index (χ2v) is 30.1. The van der Waals surface area contributed by atoms with Crippen LogP contribution >= 0.6 is 44.2 Å².